The fraction of sp³-hybridized carbons (Fsp3) is 0.308. The standard InChI is InChI=1S/C13H13F2NOS/c1-2-16-11(13(14)15)12(17)9-4-3-8-5-6-18-10(8)7-9/h3-7,11,13,16H,2H2,1H3. The van der Waals surface area contributed by atoms with Gasteiger partial charge < -0.3 is 5.32 Å². The van der Waals surface area contributed by atoms with Gasteiger partial charge in [-0.3, -0.25) is 4.79 Å². The number of likely N-dealkylation sites (N-methyl/N-ethyl adjacent to an activating group) is 1. The topological polar surface area (TPSA) is 29.1 Å². The second kappa shape index (κ2) is 5.54. The molecular formula is C13H13F2NOS. The van der Waals surface area contributed by atoms with Crippen LogP contribution in [-0.4, -0.2) is 24.8 Å². The summed E-state index contributed by atoms with van der Waals surface area (Å²) in [6, 6.07) is 5.57. The monoisotopic (exact) mass is 269 g/mol. The van der Waals surface area contributed by atoms with E-state index in [9.17, 15) is 13.6 Å². The van der Waals surface area contributed by atoms with Gasteiger partial charge in [0.2, 0.25) is 0 Å². The highest BCUT2D eigenvalue weighted by molar-refractivity contribution is 7.17. The van der Waals surface area contributed by atoms with Crippen molar-refractivity contribution in [2.75, 3.05) is 6.54 Å². The van der Waals surface area contributed by atoms with Crippen molar-refractivity contribution in [3.8, 4) is 0 Å². The van der Waals surface area contributed by atoms with Gasteiger partial charge in [0.25, 0.3) is 6.43 Å². The van der Waals surface area contributed by atoms with E-state index in [1.54, 1.807) is 25.1 Å². The predicted molar refractivity (Wildman–Crippen MR) is 69.6 cm³/mol. The quantitative estimate of drug-likeness (QED) is 0.844. The Morgan fingerprint density at radius 2 is 2.17 bits per heavy atom. The Labute approximate surface area is 108 Å². The van der Waals surface area contributed by atoms with Crippen LogP contribution in [0.15, 0.2) is 29.6 Å². The summed E-state index contributed by atoms with van der Waals surface area (Å²) in [5.41, 5.74) is 0.330. The molecule has 2 nitrogen and oxygen atoms in total. The molecule has 0 spiro atoms. The first-order valence-corrected chi connectivity index (χ1v) is 6.54. The third-order valence-corrected chi connectivity index (χ3v) is 3.58. The Hall–Kier alpha value is -1.33. The number of rotatable bonds is 5. The average Bonchev–Trinajstić information content (AvgIpc) is 2.81. The highest BCUT2D eigenvalue weighted by Gasteiger charge is 2.28. The van der Waals surface area contributed by atoms with Crippen molar-refractivity contribution in [2.45, 2.75) is 19.4 Å². The van der Waals surface area contributed by atoms with Crippen LogP contribution in [0.3, 0.4) is 0 Å². The number of hydrogen-bond donors (Lipinski definition) is 1. The van der Waals surface area contributed by atoms with E-state index >= 15 is 0 Å². The minimum absolute atomic E-state index is 0.330. The van der Waals surface area contributed by atoms with Crippen LogP contribution in [0, 0.1) is 0 Å². The van der Waals surface area contributed by atoms with Crippen LogP contribution in [0.25, 0.3) is 10.1 Å². The molecule has 1 N–H and O–H groups in total. The molecule has 0 aliphatic heterocycles. The molecule has 0 saturated heterocycles. The zero-order valence-electron chi connectivity index (χ0n) is 9.82. The summed E-state index contributed by atoms with van der Waals surface area (Å²) in [5, 5.41) is 5.46. The van der Waals surface area contributed by atoms with E-state index in [4.69, 9.17) is 0 Å². The lowest BCUT2D eigenvalue weighted by atomic mass is 10.0. The normalized spacial score (nSPS) is 13.1. The van der Waals surface area contributed by atoms with Crippen LogP contribution >= 0.6 is 11.3 Å². The number of nitrogens with one attached hydrogen (secondary N) is 1. The Balaban J connectivity index is 2.30. The van der Waals surface area contributed by atoms with Gasteiger partial charge in [0, 0.05) is 10.3 Å². The van der Waals surface area contributed by atoms with Crippen LogP contribution in [0.4, 0.5) is 8.78 Å². The van der Waals surface area contributed by atoms with Crippen LogP contribution < -0.4 is 5.32 Å². The molecule has 0 bridgehead atoms. The number of hydrogen-bond acceptors (Lipinski definition) is 3. The summed E-state index contributed by atoms with van der Waals surface area (Å²) >= 11 is 1.49. The third kappa shape index (κ3) is 2.57. The molecule has 1 aromatic heterocycles. The second-order valence-electron chi connectivity index (χ2n) is 3.91. The fourth-order valence-electron chi connectivity index (χ4n) is 1.80. The van der Waals surface area contributed by atoms with Gasteiger partial charge in [-0.15, -0.1) is 11.3 Å². The third-order valence-electron chi connectivity index (χ3n) is 2.70. The highest BCUT2D eigenvalue weighted by atomic mass is 32.1. The molecule has 0 saturated carbocycles. The van der Waals surface area contributed by atoms with Crippen molar-refractivity contribution in [2.24, 2.45) is 0 Å². The number of halogens is 2. The summed E-state index contributed by atoms with van der Waals surface area (Å²) < 4.78 is 26.5. The summed E-state index contributed by atoms with van der Waals surface area (Å²) in [6.07, 6.45) is -2.70. The lowest BCUT2D eigenvalue weighted by molar-refractivity contribution is 0.0675. The first-order valence-electron chi connectivity index (χ1n) is 5.66. The van der Waals surface area contributed by atoms with Crippen LogP contribution in [0.1, 0.15) is 17.3 Å². The summed E-state index contributed by atoms with van der Waals surface area (Å²) in [5.74, 6) is -0.554. The molecule has 1 aromatic carbocycles. The molecule has 0 aliphatic rings. The van der Waals surface area contributed by atoms with E-state index in [-0.39, 0.29) is 0 Å². The Kier molecular flexibility index (Phi) is 4.04. The molecule has 18 heavy (non-hydrogen) atoms. The zero-order chi connectivity index (χ0) is 13.1. The smallest absolute Gasteiger partial charge is 0.261 e. The molecular weight excluding hydrogens is 256 g/mol. The van der Waals surface area contributed by atoms with Crippen molar-refractivity contribution in [3.63, 3.8) is 0 Å². The molecule has 0 amide bonds. The van der Waals surface area contributed by atoms with Gasteiger partial charge in [0.15, 0.2) is 5.78 Å². The van der Waals surface area contributed by atoms with E-state index in [0.717, 1.165) is 10.1 Å². The maximum absolute atomic E-state index is 12.8. The summed E-state index contributed by atoms with van der Waals surface area (Å²) in [7, 11) is 0. The number of fused-ring (bicyclic) bond motifs is 1. The van der Waals surface area contributed by atoms with Gasteiger partial charge >= 0.3 is 0 Å². The molecule has 0 fully saturated rings. The number of thiophene rings is 1. The zero-order valence-corrected chi connectivity index (χ0v) is 10.6. The molecule has 0 aliphatic carbocycles. The number of carbonyl (C=O) groups is 1. The van der Waals surface area contributed by atoms with Crippen molar-refractivity contribution in [3.05, 3.63) is 35.2 Å². The first kappa shape index (κ1) is 13.1. The molecule has 5 heteroatoms. The lowest BCUT2D eigenvalue weighted by Gasteiger charge is -2.15. The van der Waals surface area contributed by atoms with E-state index in [2.05, 4.69) is 5.32 Å². The largest absolute Gasteiger partial charge is 0.303 e. The van der Waals surface area contributed by atoms with Crippen molar-refractivity contribution >= 4 is 27.2 Å². The van der Waals surface area contributed by atoms with Gasteiger partial charge in [0.05, 0.1) is 0 Å². The maximum atomic E-state index is 12.8. The summed E-state index contributed by atoms with van der Waals surface area (Å²) in [6.45, 7) is 2.03. The van der Waals surface area contributed by atoms with Gasteiger partial charge in [-0.25, -0.2) is 8.78 Å². The maximum Gasteiger partial charge on any atom is 0.261 e. The van der Waals surface area contributed by atoms with Gasteiger partial charge in [-0.1, -0.05) is 19.1 Å². The minimum Gasteiger partial charge on any atom is -0.303 e. The van der Waals surface area contributed by atoms with E-state index in [0.29, 0.717) is 12.1 Å². The molecule has 2 aromatic rings. The van der Waals surface area contributed by atoms with Gasteiger partial charge in [-0.05, 0) is 29.4 Å². The van der Waals surface area contributed by atoms with E-state index < -0.39 is 18.3 Å². The molecule has 1 heterocycles. The number of alkyl halides is 2. The van der Waals surface area contributed by atoms with E-state index in [1.807, 2.05) is 11.4 Å². The molecule has 2 rings (SSSR count). The lowest BCUT2D eigenvalue weighted by Crippen LogP contribution is -2.42. The Morgan fingerprint density at radius 3 is 2.83 bits per heavy atom. The van der Waals surface area contributed by atoms with Gasteiger partial charge in [0.1, 0.15) is 6.04 Å². The molecule has 1 atom stereocenters. The van der Waals surface area contributed by atoms with Crippen LogP contribution in [0.2, 0.25) is 0 Å². The predicted octanol–water partition coefficient (Wildman–Crippen LogP) is 3.33. The number of benzene rings is 1. The van der Waals surface area contributed by atoms with Crippen molar-refractivity contribution in [1.29, 1.82) is 0 Å². The SMILES string of the molecule is CCNC(C(=O)c1ccc2ccsc2c1)C(F)F. The Morgan fingerprint density at radius 1 is 1.39 bits per heavy atom. The number of carbonyl (C=O) groups excluding carboxylic acids is 1. The minimum atomic E-state index is -2.70. The molecule has 1 unspecified atom stereocenters. The number of Topliss-reactive ketones (excluding diaryl/α,β-unsaturated/α-hetero) is 1. The van der Waals surface area contributed by atoms with Crippen molar-refractivity contribution in [1.82, 2.24) is 5.32 Å². The highest BCUT2D eigenvalue weighted by Crippen LogP contribution is 2.23. The molecule has 96 valence electrons. The fourth-order valence-corrected chi connectivity index (χ4v) is 2.63. The van der Waals surface area contributed by atoms with Crippen molar-refractivity contribution < 1.29 is 13.6 Å². The van der Waals surface area contributed by atoms with Crippen LogP contribution in [-0.2, 0) is 0 Å². The Bertz CT molecular complexity index is 553. The van der Waals surface area contributed by atoms with Gasteiger partial charge in [-0.2, -0.15) is 0 Å². The second-order valence-corrected chi connectivity index (χ2v) is 4.85. The van der Waals surface area contributed by atoms with Crippen LogP contribution in [0.5, 0.6) is 0 Å². The molecule has 0 radical (unpaired) electrons. The summed E-state index contributed by atoms with van der Waals surface area (Å²) in [4.78, 5) is 12.0. The average molecular weight is 269 g/mol. The van der Waals surface area contributed by atoms with E-state index in [1.165, 1.54) is 11.3 Å². The first-order chi connectivity index (χ1) is 8.63. The number of ketones is 1.